The maximum Gasteiger partial charge on any atom is 0.274 e. The van der Waals surface area contributed by atoms with Gasteiger partial charge in [-0.25, -0.2) is 5.48 Å². The van der Waals surface area contributed by atoms with Gasteiger partial charge in [0, 0.05) is 30.3 Å². The molecule has 0 spiro atoms. The summed E-state index contributed by atoms with van der Waals surface area (Å²) in [5, 5.41) is 11.9. The molecule has 0 aliphatic rings. The van der Waals surface area contributed by atoms with Gasteiger partial charge in [0.15, 0.2) is 5.58 Å². The van der Waals surface area contributed by atoms with Crippen molar-refractivity contribution in [3.8, 4) is 11.3 Å². The molecule has 1 atom stereocenters. The van der Waals surface area contributed by atoms with E-state index in [0.717, 1.165) is 35.2 Å². The van der Waals surface area contributed by atoms with Crippen LogP contribution in [0.1, 0.15) is 52.2 Å². The van der Waals surface area contributed by atoms with E-state index in [0.29, 0.717) is 16.8 Å². The summed E-state index contributed by atoms with van der Waals surface area (Å²) in [4.78, 5) is 24.6. The Balaban J connectivity index is 1.56. The van der Waals surface area contributed by atoms with Gasteiger partial charge in [0.05, 0.1) is 11.6 Å². The zero-order chi connectivity index (χ0) is 22.7. The van der Waals surface area contributed by atoms with Crippen molar-refractivity contribution in [1.82, 2.24) is 15.4 Å². The second-order valence-electron chi connectivity index (χ2n) is 7.69. The molecule has 7 heteroatoms. The molecule has 4 aromatic rings. The summed E-state index contributed by atoms with van der Waals surface area (Å²) in [7, 11) is 1.85. The fourth-order valence-corrected chi connectivity index (χ4v) is 3.85. The maximum atomic E-state index is 13.1. The molecule has 0 unspecified atom stereocenters. The summed E-state index contributed by atoms with van der Waals surface area (Å²) in [5.74, 6) is -0.0151. The fourth-order valence-electron chi connectivity index (χ4n) is 3.85. The highest BCUT2D eigenvalue weighted by Gasteiger charge is 2.21. The van der Waals surface area contributed by atoms with Crippen LogP contribution in [0.2, 0.25) is 0 Å². The number of benzene rings is 2. The Morgan fingerprint density at radius 3 is 2.38 bits per heavy atom. The van der Waals surface area contributed by atoms with Crippen LogP contribution in [0.25, 0.3) is 22.4 Å². The molecule has 2 aromatic carbocycles. The highest BCUT2D eigenvalue weighted by molar-refractivity contribution is 5.98. The Morgan fingerprint density at radius 1 is 1.03 bits per heavy atom. The van der Waals surface area contributed by atoms with Gasteiger partial charge in [-0.2, -0.15) is 0 Å². The van der Waals surface area contributed by atoms with E-state index in [2.05, 4.69) is 5.32 Å². The number of nitrogens with zero attached hydrogens (tertiary/aromatic N) is 1. The molecule has 4 rings (SSSR count). The number of rotatable bonds is 7. The standard InChI is InChI=1S/C25H25N3O4/c1-3-7-19(16-10-12-18(13-11-16)24(29)27-31)26-25(30)21-15-23-20(28(21)2)14-22(32-23)17-8-5-4-6-9-17/h4-6,8-15,19,31H,3,7H2,1-2H3,(H,26,30)(H,27,29)/t19-/m1/s1. The summed E-state index contributed by atoms with van der Waals surface area (Å²) in [5.41, 5.74) is 5.85. The van der Waals surface area contributed by atoms with Gasteiger partial charge in [0.1, 0.15) is 11.5 Å². The van der Waals surface area contributed by atoms with E-state index in [1.807, 2.05) is 54.9 Å². The van der Waals surface area contributed by atoms with Crippen LogP contribution in [0.15, 0.2) is 71.1 Å². The van der Waals surface area contributed by atoms with Crippen molar-refractivity contribution in [2.75, 3.05) is 0 Å². The number of aryl methyl sites for hydroxylation is 1. The van der Waals surface area contributed by atoms with Crippen molar-refractivity contribution in [3.05, 3.63) is 83.6 Å². The molecule has 0 radical (unpaired) electrons. The first-order chi connectivity index (χ1) is 15.5. The minimum absolute atomic E-state index is 0.198. The van der Waals surface area contributed by atoms with Crippen molar-refractivity contribution < 1.29 is 19.2 Å². The van der Waals surface area contributed by atoms with Crippen LogP contribution in [0.4, 0.5) is 0 Å². The molecular weight excluding hydrogens is 406 g/mol. The number of carbonyl (C=O) groups excluding carboxylic acids is 2. The number of hydrogen-bond donors (Lipinski definition) is 3. The third-order valence-electron chi connectivity index (χ3n) is 5.58. The minimum Gasteiger partial charge on any atom is -0.454 e. The average Bonchev–Trinajstić information content (AvgIpc) is 3.38. The number of furan rings is 1. The van der Waals surface area contributed by atoms with Crippen LogP contribution in [0.5, 0.6) is 0 Å². The zero-order valence-electron chi connectivity index (χ0n) is 18.0. The van der Waals surface area contributed by atoms with E-state index < -0.39 is 5.91 Å². The zero-order valence-corrected chi connectivity index (χ0v) is 18.0. The quantitative estimate of drug-likeness (QED) is 0.288. The molecule has 0 saturated carbocycles. The van der Waals surface area contributed by atoms with E-state index in [4.69, 9.17) is 9.62 Å². The van der Waals surface area contributed by atoms with E-state index in [1.165, 1.54) is 0 Å². The number of carbonyl (C=O) groups is 2. The molecule has 0 fully saturated rings. The normalized spacial score (nSPS) is 12.0. The Kier molecular flexibility index (Phi) is 6.09. The molecule has 3 N–H and O–H groups in total. The molecule has 0 bridgehead atoms. The second-order valence-corrected chi connectivity index (χ2v) is 7.69. The van der Waals surface area contributed by atoms with Crippen LogP contribution < -0.4 is 10.8 Å². The van der Waals surface area contributed by atoms with Gasteiger partial charge in [-0.1, -0.05) is 55.8 Å². The summed E-state index contributed by atoms with van der Waals surface area (Å²) >= 11 is 0. The highest BCUT2D eigenvalue weighted by atomic mass is 16.5. The third kappa shape index (κ3) is 4.15. The van der Waals surface area contributed by atoms with E-state index in [1.54, 1.807) is 35.8 Å². The Bertz CT molecular complexity index is 1240. The van der Waals surface area contributed by atoms with Gasteiger partial charge in [-0.05, 0) is 24.1 Å². The molecule has 164 valence electrons. The van der Waals surface area contributed by atoms with Gasteiger partial charge in [-0.3, -0.25) is 14.8 Å². The number of nitrogens with one attached hydrogen (secondary N) is 2. The number of amides is 2. The van der Waals surface area contributed by atoms with Gasteiger partial charge >= 0.3 is 0 Å². The first-order valence-electron chi connectivity index (χ1n) is 10.5. The smallest absolute Gasteiger partial charge is 0.274 e. The maximum absolute atomic E-state index is 13.1. The molecule has 32 heavy (non-hydrogen) atoms. The lowest BCUT2D eigenvalue weighted by molar-refractivity contribution is 0.0706. The van der Waals surface area contributed by atoms with Gasteiger partial charge in [-0.15, -0.1) is 0 Å². The predicted molar refractivity (Wildman–Crippen MR) is 121 cm³/mol. The van der Waals surface area contributed by atoms with Crippen molar-refractivity contribution in [2.24, 2.45) is 7.05 Å². The van der Waals surface area contributed by atoms with E-state index in [-0.39, 0.29) is 11.9 Å². The van der Waals surface area contributed by atoms with Gasteiger partial charge in [0.25, 0.3) is 11.8 Å². The SMILES string of the molecule is CCC[C@@H](NC(=O)c1cc2oc(-c3ccccc3)cc2n1C)c1ccc(C(=O)NO)cc1. The summed E-state index contributed by atoms with van der Waals surface area (Å²) in [6.45, 7) is 2.05. The fraction of sp³-hybridized carbons (Fsp3) is 0.200. The third-order valence-corrected chi connectivity index (χ3v) is 5.58. The number of fused-ring (bicyclic) bond motifs is 1. The van der Waals surface area contributed by atoms with Crippen molar-refractivity contribution in [3.63, 3.8) is 0 Å². The van der Waals surface area contributed by atoms with Crippen LogP contribution in [-0.2, 0) is 7.05 Å². The predicted octanol–water partition coefficient (Wildman–Crippen LogP) is 4.83. The van der Waals surface area contributed by atoms with Gasteiger partial charge in [0.2, 0.25) is 0 Å². The summed E-state index contributed by atoms with van der Waals surface area (Å²) < 4.78 is 7.82. The second kappa shape index (κ2) is 9.11. The lowest BCUT2D eigenvalue weighted by Gasteiger charge is -2.19. The van der Waals surface area contributed by atoms with Crippen LogP contribution >= 0.6 is 0 Å². The lowest BCUT2D eigenvalue weighted by atomic mass is 10.0. The molecule has 0 aliphatic carbocycles. The topological polar surface area (TPSA) is 96.5 Å². The van der Waals surface area contributed by atoms with Crippen molar-refractivity contribution in [2.45, 2.75) is 25.8 Å². The molecule has 0 saturated heterocycles. The van der Waals surface area contributed by atoms with Crippen molar-refractivity contribution in [1.29, 1.82) is 0 Å². The molecule has 2 heterocycles. The monoisotopic (exact) mass is 431 g/mol. The van der Waals surface area contributed by atoms with E-state index in [9.17, 15) is 9.59 Å². The summed E-state index contributed by atoms with van der Waals surface area (Å²) in [6, 6.07) is 20.1. The number of hydrogen-bond acceptors (Lipinski definition) is 4. The first-order valence-corrected chi connectivity index (χ1v) is 10.5. The molecule has 7 nitrogen and oxygen atoms in total. The Labute approximate surface area is 185 Å². The minimum atomic E-state index is -0.575. The highest BCUT2D eigenvalue weighted by Crippen LogP contribution is 2.30. The first kappa shape index (κ1) is 21.4. The number of hydroxylamine groups is 1. The molecule has 2 amide bonds. The molecule has 0 aliphatic heterocycles. The molecule has 2 aromatic heterocycles. The average molecular weight is 431 g/mol. The molecular formula is C25H25N3O4. The van der Waals surface area contributed by atoms with Crippen molar-refractivity contribution >= 4 is 22.9 Å². The Morgan fingerprint density at radius 2 is 1.75 bits per heavy atom. The Hall–Kier alpha value is -3.84. The van der Waals surface area contributed by atoms with Crippen LogP contribution in [0.3, 0.4) is 0 Å². The largest absolute Gasteiger partial charge is 0.454 e. The van der Waals surface area contributed by atoms with E-state index >= 15 is 0 Å². The lowest BCUT2D eigenvalue weighted by Crippen LogP contribution is -2.30. The van der Waals surface area contributed by atoms with Crippen LogP contribution in [-0.4, -0.2) is 21.6 Å². The summed E-state index contributed by atoms with van der Waals surface area (Å²) in [6.07, 6.45) is 1.62. The van der Waals surface area contributed by atoms with Crippen LogP contribution in [0, 0.1) is 0 Å². The number of aromatic nitrogens is 1. The van der Waals surface area contributed by atoms with Gasteiger partial charge < -0.3 is 14.3 Å².